The summed E-state index contributed by atoms with van der Waals surface area (Å²) >= 11 is 0. The van der Waals surface area contributed by atoms with Gasteiger partial charge in [-0.2, -0.15) is 26.3 Å². The molecule has 13 heteroatoms. The van der Waals surface area contributed by atoms with Crippen molar-refractivity contribution in [1.82, 2.24) is 4.90 Å². The second-order valence-electron chi connectivity index (χ2n) is 9.39. The van der Waals surface area contributed by atoms with Gasteiger partial charge in [-0.15, -0.1) is 0 Å². The number of methoxy groups -OCH3 is 3. The molecule has 1 aliphatic rings. The van der Waals surface area contributed by atoms with Gasteiger partial charge in [0.2, 0.25) is 5.91 Å². The lowest BCUT2D eigenvalue weighted by Crippen LogP contribution is -2.47. The van der Waals surface area contributed by atoms with Crippen molar-refractivity contribution >= 4 is 17.7 Å². The fraction of sp³-hybridized carbons (Fsp3) is 0.481. The first kappa shape index (κ1) is 30.9. The summed E-state index contributed by atoms with van der Waals surface area (Å²) in [6.45, 7) is 2.95. The fourth-order valence-electron chi connectivity index (χ4n) is 4.89. The van der Waals surface area contributed by atoms with E-state index in [-0.39, 0.29) is 30.6 Å². The molecule has 2 aromatic rings. The number of ether oxygens (including phenoxy) is 3. The summed E-state index contributed by atoms with van der Waals surface area (Å²) in [5.41, 5.74) is -2.61. The highest BCUT2D eigenvalue weighted by atomic mass is 19.4. The van der Waals surface area contributed by atoms with Gasteiger partial charge in [-0.05, 0) is 49.6 Å². The Morgan fingerprint density at radius 3 is 1.95 bits per heavy atom. The number of hydrogen-bond donors (Lipinski definition) is 0. The second-order valence-corrected chi connectivity index (χ2v) is 9.39. The van der Waals surface area contributed by atoms with Crippen molar-refractivity contribution < 1.29 is 50.1 Å². The first-order valence-corrected chi connectivity index (χ1v) is 12.4. The normalized spacial score (nSPS) is 17.2. The van der Waals surface area contributed by atoms with E-state index in [1.54, 1.807) is 24.0 Å². The van der Waals surface area contributed by atoms with Crippen LogP contribution >= 0.6 is 0 Å². The summed E-state index contributed by atoms with van der Waals surface area (Å²) in [4.78, 5) is 28.7. The Morgan fingerprint density at radius 1 is 0.925 bits per heavy atom. The maximum Gasteiger partial charge on any atom is 0.416 e. The SMILES string of the molecule is CCCC(=O)N1c2cc(OC)c(OC)cc2[C@H](N(Cc2cc(C(F)(F)F)cc(C(F)(F)F)c2)C(=O)OC)C[C@@H]1C. The largest absolute Gasteiger partial charge is 0.493 e. The third kappa shape index (κ3) is 6.39. The zero-order chi connectivity index (χ0) is 30.0. The molecule has 2 aromatic carbocycles. The zero-order valence-electron chi connectivity index (χ0n) is 22.6. The lowest BCUT2D eigenvalue weighted by atomic mass is 9.89. The van der Waals surface area contributed by atoms with Crippen LogP contribution in [0.4, 0.5) is 36.8 Å². The van der Waals surface area contributed by atoms with Crippen molar-refractivity contribution in [3.05, 3.63) is 52.6 Å². The zero-order valence-corrected chi connectivity index (χ0v) is 22.6. The first-order valence-electron chi connectivity index (χ1n) is 12.4. The quantitative estimate of drug-likeness (QED) is 0.333. The monoisotopic (exact) mass is 576 g/mol. The van der Waals surface area contributed by atoms with Crippen molar-refractivity contribution in [3.8, 4) is 11.5 Å². The minimum absolute atomic E-state index is 0.0261. The molecule has 0 radical (unpaired) electrons. The number of benzene rings is 2. The van der Waals surface area contributed by atoms with Gasteiger partial charge in [0.1, 0.15) is 0 Å². The van der Waals surface area contributed by atoms with E-state index in [9.17, 15) is 35.9 Å². The Balaban J connectivity index is 2.20. The molecule has 7 nitrogen and oxygen atoms in total. The Morgan fingerprint density at radius 2 is 1.48 bits per heavy atom. The van der Waals surface area contributed by atoms with Crippen LogP contribution in [0.3, 0.4) is 0 Å². The Kier molecular flexibility index (Phi) is 9.15. The van der Waals surface area contributed by atoms with Crippen LogP contribution in [0, 0.1) is 0 Å². The number of rotatable bonds is 7. The smallest absolute Gasteiger partial charge is 0.416 e. The van der Waals surface area contributed by atoms with E-state index in [0.717, 1.165) is 12.0 Å². The van der Waals surface area contributed by atoms with E-state index in [2.05, 4.69) is 0 Å². The van der Waals surface area contributed by atoms with Crippen molar-refractivity contribution in [1.29, 1.82) is 0 Å². The van der Waals surface area contributed by atoms with Gasteiger partial charge >= 0.3 is 18.4 Å². The second kappa shape index (κ2) is 11.8. The molecule has 40 heavy (non-hydrogen) atoms. The van der Waals surface area contributed by atoms with Gasteiger partial charge in [0.25, 0.3) is 0 Å². The maximum atomic E-state index is 13.5. The van der Waals surface area contributed by atoms with E-state index < -0.39 is 53.8 Å². The number of alkyl halides is 6. The standard InChI is InChI=1S/C27H30F6N2O5/c1-6-7-24(36)35-15(2)8-20(19-12-22(38-3)23(39-4)13-21(19)35)34(25(37)40-5)14-16-9-17(26(28,29)30)11-18(10-16)27(31,32)33/h9-13,15,20H,6-8,14H2,1-5H3/t15-,20+/m0/s1. The molecule has 0 aromatic heterocycles. The number of nitrogens with zero attached hydrogens (tertiary/aromatic N) is 2. The van der Waals surface area contributed by atoms with Crippen molar-refractivity contribution in [2.75, 3.05) is 26.2 Å². The van der Waals surface area contributed by atoms with Crippen molar-refractivity contribution in [2.45, 2.75) is 64.1 Å². The molecule has 0 aliphatic carbocycles. The molecule has 1 aliphatic heterocycles. The third-order valence-corrected chi connectivity index (χ3v) is 6.67. The van der Waals surface area contributed by atoms with Crippen LogP contribution < -0.4 is 14.4 Å². The number of halogens is 6. The van der Waals surface area contributed by atoms with Crippen LogP contribution in [-0.2, 0) is 28.4 Å². The van der Waals surface area contributed by atoms with Gasteiger partial charge in [0.05, 0.1) is 44.2 Å². The predicted octanol–water partition coefficient (Wildman–Crippen LogP) is 6.98. The minimum Gasteiger partial charge on any atom is -0.493 e. The van der Waals surface area contributed by atoms with Gasteiger partial charge in [-0.1, -0.05) is 6.92 Å². The van der Waals surface area contributed by atoms with E-state index >= 15 is 0 Å². The highest BCUT2D eigenvalue weighted by Gasteiger charge is 2.41. The lowest BCUT2D eigenvalue weighted by molar-refractivity contribution is -0.143. The fourth-order valence-corrected chi connectivity index (χ4v) is 4.89. The van der Waals surface area contributed by atoms with Crippen LogP contribution in [0.15, 0.2) is 30.3 Å². The average molecular weight is 577 g/mol. The average Bonchev–Trinajstić information content (AvgIpc) is 2.89. The van der Waals surface area contributed by atoms with Gasteiger partial charge in [-0.3, -0.25) is 9.69 Å². The van der Waals surface area contributed by atoms with Gasteiger partial charge in [0, 0.05) is 30.6 Å². The number of fused-ring (bicyclic) bond motifs is 1. The highest BCUT2D eigenvalue weighted by molar-refractivity contribution is 5.96. The summed E-state index contributed by atoms with van der Waals surface area (Å²) in [6, 6.07) is 2.89. The number of amides is 2. The maximum absolute atomic E-state index is 13.5. The van der Waals surface area contributed by atoms with Gasteiger partial charge in [0.15, 0.2) is 11.5 Å². The van der Waals surface area contributed by atoms with Crippen LogP contribution in [0.1, 0.15) is 61.4 Å². The molecule has 0 saturated heterocycles. The summed E-state index contributed by atoms with van der Waals surface area (Å²) in [7, 11) is 3.84. The van der Waals surface area contributed by atoms with Crippen molar-refractivity contribution in [2.24, 2.45) is 0 Å². The highest BCUT2D eigenvalue weighted by Crippen LogP contribution is 2.47. The molecule has 220 valence electrons. The van der Waals surface area contributed by atoms with Crippen LogP contribution in [0.25, 0.3) is 0 Å². The molecule has 2 atom stereocenters. The number of carbonyl (C=O) groups is 2. The molecular formula is C27H30F6N2O5. The predicted molar refractivity (Wildman–Crippen MR) is 133 cm³/mol. The van der Waals surface area contributed by atoms with E-state index in [0.29, 0.717) is 35.6 Å². The molecule has 0 spiro atoms. The van der Waals surface area contributed by atoms with Gasteiger partial charge < -0.3 is 19.1 Å². The first-order chi connectivity index (χ1) is 18.7. The summed E-state index contributed by atoms with van der Waals surface area (Å²) in [5, 5.41) is 0. The Hall–Kier alpha value is -3.64. The molecule has 0 N–H and O–H groups in total. The van der Waals surface area contributed by atoms with E-state index in [1.807, 2.05) is 6.92 Å². The molecule has 2 amide bonds. The number of hydrogen-bond acceptors (Lipinski definition) is 5. The van der Waals surface area contributed by atoms with Crippen molar-refractivity contribution in [3.63, 3.8) is 0 Å². The molecule has 3 rings (SSSR count). The number of anilines is 1. The molecule has 0 unspecified atom stereocenters. The number of carbonyl (C=O) groups excluding carboxylic acids is 2. The van der Waals surface area contributed by atoms with Crippen LogP contribution in [0.2, 0.25) is 0 Å². The summed E-state index contributed by atoms with van der Waals surface area (Å²) < 4.78 is 96.7. The minimum atomic E-state index is -5.05. The lowest BCUT2D eigenvalue weighted by Gasteiger charge is -2.43. The molecule has 0 saturated carbocycles. The topological polar surface area (TPSA) is 68.3 Å². The van der Waals surface area contributed by atoms with E-state index in [1.165, 1.54) is 14.2 Å². The Bertz CT molecular complexity index is 1210. The Labute approximate surface area is 227 Å². The molecule has 0 fully saturated rings. The van der Waals surface area contributed by atoms with E-state index in [4.69, 9.17) is 14.2 Å². The third-order valence-electron chi connectivity index (χ3n) is 6.67. The van der Waals surface area contributed by atoms with Gasteiger partial charge in [-0.25, -0.2) is 4.79 Å². The molecular weight excluding hydrogens is 546 g/mol. The molecule has 1 heterocycles. The van der Waals surface area contributed by atoms with Crippen LogP contribution in [0.5, 0.6) is 11.5 Å². The summed E-state index contributed by atoms with van der Waals surface area (Å²) in [5.74, 6) is 0.354. The summed E-state index contributed by atoms with van der Waals surface area (Å²) in [6.07, 6.45) is -10.2. The van der Waals surface area contributed by atoms with Crippen LogP contribution in [-0.4, -0.2) is 44.3 Å². The molecule has 0 bridgehead atoms.